The SMILES string of the molecule is CC.CC.CCC.OCC1c2ccccc2CCN1P. The molecule has 1 N–H and O–H groups in total. The van der Waals surface area contributed by atoms with Gasteiger partial charge in [-0.25, -0.2) is 0 Å². The van der Waals surface area contributed by atoms with Gasteiger partial charge in [0.25, 0.3) is 0 Å². The van der Waals surface area contributed by atoms with E-state index in [1.807, 2.05) is 33.8 Å². The Morgan fingerprint density at radius 3 is 2.15 bits per heavy atom. The summed E-state index contributed by atoms with van der Waals surface area (Å²) in [6, 6.07) is 8.51. The summed E-state index contributed by atoms with van der Waals surface area (Å²) < 4.78 is 2.13. The van der Waals surface area contributed by atoms with Crippen molar-refractivity contribution in [1.82, 2.24) is 4.67 Å². The molecule has 2 rings (SSSR count). The van der Waals surface area contributed by atoms with Crippen LogP contribution in [0.3, 0.4) is 0 Å². The highest BCUT2D eigenvalue weighted by molar-refractivity contribution is 7.13. The lowest BCUT2D eigenvalue weighted by Gasteiger charge is -2.32. The molecule has 0 aromatic heterocycles. The van der Waals surface area contributed by atoms with Crippen LogP contribution in [-0.2, 0) is 6.42 Å². The largest absolute Gasteiger partial charge is 0.394 e. The average Bonchev–Trinajstić information content (AvgIpc) is 2.52. The molecule has 2 nitrogen and oxygen atoms in total. The van der Waals surface area contributed by atoms with E-state index in [1.165, 1.54) is 17.5 Å². The summed E-state index contributed by atoms with van der Waals surface area (Å²) >= 11 is 0. The normalized spacial score (nSPS) is 16.3. The van der Waals surface area contributed by atoms with Crippen molar-refractivity contribution < 1.29 is 5.11 Å². The Morgan fingerprint density at radius 1 is 1.15 bits per heavy atom. The van der Waals surface area contributed by atoms with Crippen LogP contribution in [0.4, 0.5) is 0 Å². The minimum absolute atomic E-state index is 0.162. The maximum atomic E-state index is 9.25. The Labute approximate surface area is 128 Å². The lowest BCUT2D eigenvalue weighted by Crippen LogP contribution is -2.29. The number of fused-ring (bicyclic) bond motifs is 1. The number of aliphatic hydroxyl groups excluding tert-OH is 1. The molecule has 2 atom stereocenters. The molecule has 0 radical (unpaired) electrons. The molecule has 1 aliphatic heterocycles. The summed E-state index contributed by atoms with van der Waals surface area (Å²) in [7, 11) is 2.68. The predicted molar refractivity (Wildman–Crippen MR) is 95.0 cm³/mol. The van der Waals surface area contributed by atoms with Gasteiger partial charge in [0.2, 0.25) is 0 Å². The average molecular weight is 299 g/mol. The van der Waals surface area contributed by atoms with Crippen molar-refractivity contribution in [2.75, 3.05) is 13.2 Å². The van der Waals surface area contributed by atoms with Gasteiger partial charge >= 0.3 is 0 Å². The number of hydrogen-bond acceptors (Lipinski definition) is 2. The minimum atomic E-state index is 0.162. The molecular weight excluding hydrogens is 265 g/mol. The standard InChI is InChI=1S/C10H14NOP.C3H8.2C2H6/c12-7-10-9-4-2-1-3-8(9)5-6-11(10)13;1-3-2;2*1-2/h1-4,10,12H,5-7,13H2;3H2,1-2H3;2*1-2H3. The molecule has 0 spiro atoms. The first-order chi connectivity index (χ1) is 9.74. The maximum absolute atomic E-state index is 9.25. The van der Waals surface area contributed by atoms with E-state index in [-0.39, 0.29) is 12.6 Å². The van der Waals surface area contributed by atoms with Crippen molar-refractivity contribution in [2.24, 2.45) is 0 Å². The van der Waals surface area contributed by atoms with Crippen LogP contribution in [0.1, 0.15) is 65.1 Å². The molecular formula is C17H34NOP. The molecule has 0 fully saturated rings. The molecule has 1 aromatic carbocycles. The van der Waals surface area contributed by atoms with Gasteiger partial charge in [0.05, 0.1) is 12.6 Å². The fraction of sp³-hybridized carbons (Fsp3) is 0.647. The molecule has 20 heavy (non-hydrogen) atoms. The Morgan fingerprint density at radius 2 is 1.65 bits per heavy atom. The van der Waals surface area contributed by atoms with Crippen LogP contribution in [0.15, 0.2) is 24.3 Å². The number of nitrogens with zero attached hydrogens (tertiary/aromatic N) is 1. The highest BCUT2D eigenvalue weighted by Gasteiger charge is 2.23. The smallest absolute Gasteiger partial charge is 0.0631 e. The van der Waals surface area contributed by atoms with Gasteiger partial charge in [0, 0.05) is 6.54 Å². The third-order valence-corrected chi connectivity index (χ3v) is 3.24. The quantitative estimate of drug-likeness (QED) is 0.750. The topological polar surface area (TPSA) is 23.5 Å². The van der Waals surface area contributed by atoms with Crippen LogP contribution in [0.25, 0.3) is 0 Å². The Bertz CT molecular complexity index is 318. The fourth-order valence-electron chi connectivity index (χ4n) is 1.87. The summed E-state index contributed by atoms with van der Waals surface area (Å²) in [5.41, 5.74) is 2.64. The molecule has 0 aliphatic carbocycles. The summed E-state index contributed by atoms with van der Waals surface area (Å²) in [6.45, 7) is 13.5. The fourth-order valence-corrected chi connectivity index (χ4v) is 2.26. The van der Waals surface area contributed by atoms with E-state index in [2.05, 4.69) is 46.1 Å². The van der Waals surface area contributed by atoms with E-state index in [1.54, 1.807) is 0 Å². The van der Waals surface area contributed by atoms with Crippen molar-refractivity contribution >= 4 is 9.39 Å². The molecule has 1 heterocycles. The van der Waals surface area contributed by atoms with Gasteiger partial charge in [-0.05, 0) is 17.5 Å². The summed E-state index contributed by atoms with van der Waals surface area (Å²) in [4.78, 5) is 0. The van der Waals surface area contributed by atoms with Crippen LogP contribution in [0.5, 0.6) is 0 Å². The van der Waals surface area contributed by atoms with Gasteiger partial charge < -0.3 is 5.11 Å². The molecule has 0 bridgehead atoms. The predicted octanol–water partition coefficient (Wildman–Crippen LogP) is 4.84. The molecule has 3 heteroatoms. The number of benzene rings is 1. The Balaban J connectivity index is 0. The van der Waals surface area contributed by atoms with Crippen molar-refractivity contribution in [1.29, 1.82) is 0 Å². The molecule has 1 aliphatic rings. The molecule has 0 amide bonds. The molecule has 0 saturated heterocycles. The van der Waals surface area contributed by atoms with Crippen LogP contribution < -0.4 is 0 Å². The third-order valence-electron chi connectivity index (χ3n) is 2.63. The highest BCUT2D eigenvalue weighted by atomic mass is 31.0. The van der Waals surface area contributed by atoms with Crippen molar-refractivity contribution in [2.45, 2.75) is 60.4 Å². The highest BCUT2D eigenvalue weighted by Crippen LogP contribution is 2.31. The van der Waals surface area contributed by atoms with E-state index in [0.29, 0.717) is 0 Å². The van der Waals surface area contributed by atoms with Crippen LogP contribution in [0.2, 0.25) is 0 Å². The summed E-state index contributed by atoms with van der Waals surface area (Å²) in [5, 5.41) is 9.25. The van der Waals surface area contributed by atoms with Crippen LogP contribution in [0, 0.1) is 0 Å². The number of rotatable bonds is 1. The van der Waals surface area contributed by atoms with Gasteiger partial charge in [0.15, 0.2) is 0 Å². The minimum Gasteiger partial charge on any atom is -0.394 e. The molecule has 2 unspecified atom stereocenters. The lowest BCUT2D eigenvalue weighted by molar-refractivity contribution is 0.189. The Hall–Kier alpha value is -0.430. The number of aliphatic hydroxyl groups is 1. The zero-order valence-electron chi connectivity index (χ0n) is 14.2. The summed E-state index contributed by atoms with van der Waals surface area (Å²) in [6.07, 6.45) is 2.33. The van der Waals surface area contributed by atoms with E-state index < -0.39 is 0 Å². The van der Waals surface area contributed by atoms with E-state index in [9.17, 15) is 5.11 Å². The molecule has 0 saturated carbocycles. The number of hydrogen-bond donors (Lipinski definition) is 1. The first kappa shape index (κ1) is 21.9. The monoisotopic (exact) mass is 299 g/mol. The van der Waals surface area contributed by atoms with Crippen molar-refractivity contribution in [3.05, 3.63) is 35.4 Å². The second-order valence-electron chi connectivity index (χ2n) is 4.09. The first-order valence-corrected chi connectivity index (χ1v) is 8.46. The molecule has 1 aromatic rings. The molecule has 118 valence electrons. The maximum Gasteiger partial charge on any atom is 0.0631 e. The lowest BCUT2D eigenvalue weighted by atomic mass is 9.95. The summed E-state index contributed by atoms with van der Waals surface area (Å²) in [5.74, 6) is 0. The zero-order chi connectivity index (χ0) is 16.0. The van der Waals surface area contributed by atoms with Gasteiger partial charge in [0.1, 0.15) is 0 Å². The van der Waals surface area contributed by atoms with Crippen molar-refractivity contribution in [3.8, 4) is 0 Å². The van der Waals surface area contributed by atoms with Gasteiger partial charge in [-0.2, -0.15) is 0 Å². The van der Waals surface area contributed by atoms with Gasteiger partial charge in [-0.15, -0.1) is 0 Å². The second kappa shape index (κ2) is 15.0. The van der Waals surface area contributed by atoms with Gasteiger partial charge in [-0.3, -0.25) is 4.67 Å². The van der Waals surface area contributed by atoms with Gasteiger partial charge in [-0.1, -0.05) is 81.6 Å². The second-order valence-corrected chi connectivity index (χ2v) is 4.76. The van der Waals surface area contributed by atoms with Crippen molar-refractivity contribution in [3.63, 3.8) is 0 Å². The Kier molecular flexibility index (Phi) is 16.4. The first-order valence-electron chi connectivity index (χ1n) is 7.94. The van der Waals surface area contributed by atoms with E-state index >= 15 is 0 Å². The van der Waals surface area contributed by atoms with E-state index in [0.717, 1.165) is 13.0 Å². The zero-order valence-corrected chi connectivity index (χ0v) is 15.3. The van der Waals surface area contributed by atoms with E-state index in [4.69, 9.17) is 0 Å². The third kappa shape index (κ3) is 7.38. The van der Waals surface area contributed by atoms with Crippen LogP contribution in [-0.4, -0.2) is 22.9 Å². The van der Waals surface area contributed by atoms with Crippen LogP contribution >= 0.6 is 9.39 Å².